The molecule has 154 valence electrons. The van der Waals surface area contributed by atoms with E-state index in [2.05, 4.69) is 27.4 Å². The number of rotatable bonds is 7. The van der Waals surface area contributed by atoms with Gasteiger partial charge >= 0.3 is 0 Å². The van der Waals surface area contributed by atoms with Gasteiger partial charge in [0.05, 0.1) is 12.6 Å². The van der Waals surface area contributed by atoms with Crippen LogP contribution >= 0.6 is 0 Å². The highest BCUT2D eigenvalue weighted by Crippen LogP contribution is 2.44. The summed E-state index contributed by atoms with van der Waals surface area (Å²) >= 11 is 0. The summed E-state index contributed by atoms with van der Waals surface area (Å²) in [6.07, 6.45) is 4.89. The van der Waals surface area contributed by atoms with Gasteiger partial charge in [0, 0.05) is 51.4 Å². The molecule has 0 saturated carbocycles. The van der Waals surface area contributed by atoms with Crippen molar-refractivity contribution in [3.63, 3.8) is 0 Å². The van der Waals surface area contributed by atoms with E-state index in [1.165, 1.54) is 12.5 Å². The Kier molecular flexibility index (Phi) is 5.94. The van der Waals surface area contributed by atoms with Gasteiger partial charge in [0.15, 0.2) is 0 Å². The second kappa shape index (κ2) is 8.78. The maximum Gasteiger partial charge on any atom is 0.242 e. The molecule has 3 heterocycles. The lowest BCUT2D eigenvalue weighted by atomic mass is 9.89. The SMILES string of the molecule is CC(=O)NCC(=O)N1C[C@@H]2CN(CCCn3cccn3)C[C@@H]2[C@H]1c1ccccc1. The van der Waals surface area contributed by atoms with Gasteiger partial charge in [0.1, 0.15) is 0 Å². The molecule has 7 heteroatoms. The zero-order valence-electron chi connectivity index (χ0n) is 16.9. The van der Waals surface area contributed by atoms with Gasteiger partial charge in [-0.15, -0.1) is 0 Å². The van der Waals surface area contributed by atoms with Gasteiger partial charge in [-0.05, 0) is 30.5 Å². The molecule has 2 amide bonds. The van der Waals surface area contributed by atoms with E-state index >= 15 is 0 Å². The van der Waals surface area contributed by atoms with Crippen LogP contribution in [-0.2, 0) is 16.1 Å². The maximum absolute atomic E-state index is 12.8. The second-order valence-corrected chi connectivity index (χ2v) is 8.12. The molecule has 29 heavy (non-hydrogen) atoms. The Morgan fingerprint density at radius 3 is 2.66 bits per heavy atom. The fourth-order valence-corrected chi connectivity index (χ4v) is 4.84. The number of carbonyl (C=O) groups excluding carboxylic acids is 2. The van der Waals surface area contributed by atoms with Crippen molar-refractivity contribution in [2.45, 2.75) is 25.9 Å². The van der Waals surface area contributed by atoms with Crippen molar-refractivity contribution >= 4 is 11.8 Å². The van der Waals surface area contributed by atoms with Crippen LogP contribution in [0.5, 0.6) is 0 Å². The van der Waals surface area contributed by atoms with Crippen molar-refractivity contribution in [3.8, 4) is 0 Å². The molecule has 1 N–H and O–H groups in total. The number of fused-ring (bicyclic) bond motifs is 1. The minimum atomic E-state index is -0.169. The van der Waals surface area contributed by atoms with Crippen LogP contribution in [-0.4, -0.2) is 64.1 Å². The van der Waals surface area contributed by atoms with Gasteiger partial charge in [0.25, 0.3) is 0 Å². The number of nitrogens with zero attached hydrogens (tertiary/aromatic N) is 4. The van der Waals surface area contributed by atoms with Crippen LogP contribution in [0, 0.1) is 11.8 Å². The Morgan fingerprint density at radius 1 is 1.10 bits per heavy atom. The first-order chi connectivity index (χ1) is 14.1. The molecule has 7 nitrogen and oxygen atoms in total. The molecule has 2 fully saturated rings. The minimum Gasteiger partial charge on any atom is -0.347 e. The molecule has 1 aromatic heterocycles. The van der Waals surface area contributed by atoms with Crippen molar-refractivity contribution in [3.05, 3.63) is 54.4 Å². The lowest BCUT2D eigenvalue weighted by Crippen LogP contribution is -2.41. The van der Waals surface area contributed by atoms with Crippen LogP contribution in [0.25, 0.3) is 0 Å². The summed E-state index contributed by atoms with van der Waals surface area (Å²) in [6, 6.07) is 12.4. The number of carbonyl (C=O) groups is 2. The molecule has 0 unspecified atom stereocenters. The number of nitrogens with one attached hydrogen (secondary N) is 1. The molecule has 1 aromatic carbocycles. The predicted molar refractivity (Wildman–Crippen MR) is 110 cm³/mol. The van der Waals surface area contributed by atoms with Crippen LogP contribution in [0.15, 0.2) is 48.8 Å². The van der Waals surface area contributed by atoms with Crippen LogP contribution in [0.1, 0.15) is 24.9 Å². The normalized spacial score (nSPS) is 23.9. The molecule has 0 spiro atoms. The first-order valence-electron chi connectivity index (χ1n) is 10.4. The fourth-order valence-electron chi connectivity index (χ4n) is 4.84. The smallest absolute Gasteiger partial charge is 0.242 e. The van der Waals surface area contributed by atoms with E-state index in [-0.39, 0.29) is 24.4 Å². The lowest BCUT2D eigenvalue weighted by Gasteiger charge is -2.30. The molecule has 2 aliphatic rings. The molecule has 2 aromatic rings. The number of aromatic nitrogens is 2. The molecular weight excluding hydrogens is 366 g/mol. The van der Waals surface area contributed by atoms with Crippen molar-refractivity contribution in [2.24, 2.45) is 11.8 Å². The standard InChI is InChI=1S/C22H29N5O2/c1-17(28)23-13-21(29)27-15-19-14-25(10-6-12-26-11-5-9-24-26)16-20(19)22(27)18-7-3-2-4-8-18/h2-5,7-9,11,19-20,22H,6,10,12-16H2,1H3,(H,23,28)/t19-,20-,22+/m0/s1. The Morgan fingerprint density at radius 2 is 1.93 bits per heavy atom. The summed E-state index contributed by atoms with van der Waals surface area (Å²) in [6.45, 7) is 6.30. The van der Waals surface area contributed by atoms with E-state index in [4.69, 9.17) is 0 Å². The van der Waals surface area contributed by atoms with Crippen molar-refractivity contribution in [2.75, 3.05) is 32.7 Å². The summed E-state index contributed by atoms with van der Waals surface area (Å²) in [4.78, 5) is 28.6. The minimum absolute atomic E-state index is 0.00804. The molecule has 0 bridgehead atoms. The topological polar surface area (TPSA) is 70.5 Å². The van der Waals surface area contributed by atoms with Crippen molar-refractivity contribution < 1.29 is 9.59 Å². The first-order valence-corrected chi connectivity index (χ1v) is 10.4. The average molecular weight is 396 g/mol. The van der Waals surface area contributed by atoms with Crippen LogP contribution < -0.4 is 5.32 Å². The van der Waals surface area contributed by atoms with Crippen molar-refractivity contribution in [1.29, 1.82) is 0 Å². The number of likely N-dealkylation sites (tertiary alicyclic amines) is 2. The number of amides is 2. The summed E-state index contributed by atoms with van der Waals surface area (Å²) in [7, 11) is 0. The number of benzene rings is 1. The quantitative estimate of drug-likeness (QED) is 0.772. The van der Waals surface area contributed by atoms with Gasteiger partial charge < -0.3 is 15.1 Å². The van der Waals surface area contributed by atoms with E-state index in [1.807, 2.05) is 46.2 Å². The third-order valence-electron chi connectivity index (χ3n) is 6.11. The molecule has 2 aliphatic heterocycles. The van der Waals surface area contributed by atoms with Gasteiger partial charge in [-0.25, -0.2) is 0 Å². The molecule has 0 radical (unpaired) electrons. The summed E-state index contributed by atoms with van der Waals surface area (Å²) in [5.74, 6) is 0.751. The van der Waals surface area contributed by atoms with Gasteiger partial charge in [-0.3, -0.25) is 14.3 Å². The van der Waals surface area contributed by atoms with E-state index in [0.717, 1.165) is 39.1 Å². The van der Waals surface area contributed by atoms with Gasteiger partial charge in [-0.1, -0.05) is 30.3 Å². The monoisotopic (exact) mass is 395 g/mol. The average Bonchev–Trinajstić information content (AvgIpc) is 3.43. The van der Waals surface area contributed by atoms with Crippen LogP contribution in [0.3, 0.4) is 0 Å². The zero-order chi connectivity index (χ0) is 20.2. The maximum atomic E-state index is 12.8. The molecule has 0 aliphatic carbocycles. The Bertz CT molecular complexity index is 823. The third-order valence-corrected chi connectivity index (χ3v) is 6.11. The highest BCUT2D eigenvalue weighted by Gasteiger charge is 2.48. The number of hydrogen-bond acceptors (Lipinski definition) is 4. The molecule has 2 saturated heterocycles. The number of aryl methyl sites for hydroxylation is 1. The summed E-state index contributed by atoms with van der Waals surface area (Å²) < 4.78 is 1.98. The van der Waals surface area contributed by atoms with E-state index < -0.39 is 0 Å². The largest absolute Gasteiger partial charge is 0.347 e. The lowest BCUT2D eigenvalue weighted by molar-refractivity contribution is -0.133. The zero-order valence-corrected chi connectivity index (χ0v) is 16.9. The molecule has 4 rings (SSSR count). The Balaban J connectivity index is 1.41. The molecular formula is C22H29N5O2. The van der Waals surface area contributed by atoms with Crippen molar-refractivity contribution in [1.82, 2.24) is 24.9 Å². The Hall–Kier alpha value is -2.67. The van der Waals surface area contributed by atoms with E-state index in [1.54, 1.807) is 0 Å². The molecule has 3 atom stereocenters. The third kappa shape index (κ3) is 4.50. The number of hydrogen-bond donors (Lipinski definition) is 1. The second-order valence-electron chi connectivity index (χ2n) is 8.12. The predicted octanol–water partition coefficient (Wildman–Crippen LogP) is 1.54. The van der Waals surface area contributed by atoms with Gasteiger partial charge in [0.2, 0.25) is 11.8 Å². The highest BCUT2D eigenvalue weighted by atomic mass is 16.2. The Labute approximate surface area is 171 Å². The fraction of sp³-hybridized carbons (Fsp3) is 0.500. The van der Waals surface area contributed by atoms with Crippen LogP contribution in [0.4, 0.5) is 0 Å². The summed E-state index contributed by atoms with van der Waals surface area (Å²) in [5.41, 5.74) is 1.19. The van der Waals surface area contributed by atoms with E-state index in [9.17, 15) is 9.59 Å². The van der Waals surface area contributed by atoms with E-state index in [0.29, 0.717) is 11.8 Å². The van der Waals surface area contributed by atoms with Gasteiger partial charge in [-0.2, -0.15) is 5.10 Å². The first kappa shape index (κ1) is 19.6. The summed E-state index contributed by atoms with van der Waals surface area (Å²) in [5, 5.41) is 6.93. The van der Waals surface area contributed by atoms with Crippen LogP contribution in [0.2, 0.25) is 0 Å². The highest BCUT2D eigenvalue weighted by molar-refractivity contribution is 5.84.